The van der Waals surface area contributed by atoms with E-state index in [9.17, 15) is 0 Å². The number of hydrogen-bond donors (Lipinski definition) is 1. The molecule has 2 aromatic heterocycles. The lowest BCUT2D eigenvalue weighted by Gasteiger charge is -2.27. The second kappa shape index (κ2) is 7.72. The minimum Gasteiger partial charge on any atom is -0.381 e. The normalized spacial score (nSPS) is 22.6. The van der Waals surface area contributed by atoms with Crippen molar-refractivity contribution in [3.8, 4) is 0 Å². The van der Waals surface area contributed by atoms with Gasteiger partial charge in [-0.05, 0) is 62.4 Å². The summed E-state index contributed by atoms with van der Waals surface area (Å²) >= 11 is 0. The zero-order chi connectivity index (χ0) is 19.8. The van der Waals surface area contributed by atoms with E-state index in [2.05, 4.69) is 50.2 Å². The van der Waals surface area contributed by atoms with Gasteiger partial charge in [0.25, 0.3) is 0 Å². The van der Waals surface area contributed by atoms with Gasteiger partial charge < -0.3 is 15.0 Å². The van der Waals surface area contributed by atoms with E-state index in [-0.39, 0.29) is 0 Å². The van der Waals surface area contributed by atoms with Gasteiger partial charge in [-0.15, -0.1) is 0 Å². The molecule has 0 radical (unpaired) electrons. The Morgan fingerprint density at radius 2 is 1.97 bits per heavy atom. The number of rotatable bonds is 4. The average Bonchev–Trinajstić information content (AvgIpc) is 3.17. The molecule has 0 spiro atoms. The van der Waals surface area contributed by atoms with E-state index >= 15 is 0 Å². The molecule has 3 aromatic rings. The number of methoxy groups -OCH3 is 1. The molecule has 3 heterocycles. The second-order valence-electron chi connectivity index (χ2n) is 8.32. The van der Waals surface area contributed by atoms with Crippen LogP contribution in [0.4, 0.5) is 11.6 Å². The largest absolute Gasteiger partial charge is 0.381 e. The molecule has 1 aliphatic carbocycles. The summed E-state index contributed by atoms with van der Waals surface area (Å²) in [4.78, 5) is 11.7. The summed E-state index contributed by atoms with van der Waals surface area (Å²) in [5.41, 5.74) is 4.76. The molecule has 1 fully saturated rings. The summed E-state index contributed by atoms with van der Waals surface area (Å²) < 4.78 is 7.59. The van der Waals surface area contributed by atoms with E-state index in [1.807, 2.05) is 12.4 Å². The number of anilines is 2. The maximum Gasteiger partial charge on any atom is 0.229 e. The molecule has 1 N–H and O–H groups in total. The molecule has 2 aliphatic rings. The summed E-state index contributed by atoms with van der Waals surface area (Å²) in [5, 5.41) is 9.00. The average molecular weight is 393 g/mol. The van der Waals surface area contributed by atoms with Gasteiger partial charge in [-0.25, -0.2) is 9.67 Å². The first kappa shape index (κ1) is 18.5. The number of hydrogen-bond acceptors (Lipinski definition) is 6. The van der Waals surface area contributed by atoms with Gasteiger partial charge in [-0.3, -0.25) is 0 Å². The van der Waals surface area contributed by atoms with Crippen LogP contribution >= 0.6 is 0 Å². The van der Waals surface area contributed by atoms with Gasteiger partial charge in [0.1, 0.15) is 0 Å². The van der Waals surface area contributed by atoms with E-state index < -0.39 is 0 Å². The quantitative estimate of drug-likeness (QED) is 0.730. The van der Waals surface area contributed by atoms with Crippen LogP contribution in [0.3, 0.4) is 0 Å². The first-order valence-electron chi connectivity index (χ1n) is 10.5. The van der Waals surface area contributed by atoms with Gasteiger partial charge in [0, 0.05) is 32.1 Å². The molecule has 1 aliphatic heterocycles. The molecule has 152 valence electrons. The molecule has 7 nitrogen and oxygen atoms in total. The number of fused-ring (bicyclic) bond motifs is 2. The van der Waals surface area contributed by atoms with E-state index in [0.717, 1.165) is 61.9 Å². The zero-order valence-electron chi connectivity index (χ0n) is 17.1. The predicted molar refractivity (Wildman–Crippen MR) is 113 cm³/mol. The van der Waals surface area contributed by atoms with Gasteiger partial charge in [0.05, 0.1) is 23.7 Å². The van der Waals surface area contributed by atoms with Crippen LogP contribution < -0.4 is 5.32 Å². The SMILES string of the molecule is COC1CCC(n2ncc3cnc(Nc4ccc5c(c4)CN(C)CC5)nc32)CC1. The van der Waals surface area contributed by atoms with Crippen molar-refractivity contribution in [1.29, 1.82) is 0 Å². The monoisotopic (exact) mass is 392 g/mol. The van der Waals surface area contributed by atoms with Crippen LogP contribution in [0.1, 0.15) is 42.9 Å². The van der Waals surface area contributed by atoms with Crippen LogP contribution in [-0.2, 0) is 17.7 Å². The highest BCUT2D eigenvalue weighted by atomic mass is 16.5. The van der Waals surface area contributed by atoms with Crippen LogP contribution in [0.15, 0.2) is 30.6 Å². The van der Waals surface area contributed by atoms with Crippen molar-refractivity contribution in [2.24, 2.45) is 0 Å². The molecule has 1 aromatic carbocycles. The van der Waals surface area contributed by atoms with Crippen LogP contribution in [0.25, 0.3) is 11.0 Å². The zero-order valence-corrected chi connectivity index (χ0v) is 17.1. The van der Waals surface area contributed by atoms with Crippen LogP contribution in [0.2, 0.25) is 0 Å². The molecule has 0 saturated heterocycles. The lowest BCUT2D eigenvalue weighted by Crippen LogP contribution is -2.26. The van der Waals surface area contributed by atoms with Crippen molar-refractivity contribution < 1.29 is 4.74 Å². The molecule has 1 saturated carbocycles. The number of nitrogens with one attached hydrogen (secondary N) is 1. The highest BCUT2D eigenvalue weighted by Gasteiger charge is 2.24. The summed E-state index contributed by atoms with van der Waals surface area (Å²) in [5.74, 6) is 0.619. The van der Waals surface area contributed by atoms with Gasteiger partial charge in [0.15, 0.2) is 5.65 Å². The maximum absolute atomic E-state index is 5.51. The Balaban J connectivity index is 1.38. The summed E-state index contributed by atoms with van der Waals surface area (Å²) in [6.07, 6.45) is 9.50. The third kappa shape index (κ3) is 3.72. The molecule has 0 atom stereocenters. The number of ether oxygens (including phenoxy) is 1. The lowest BCUT2D eigenvalue weighted by molar-refractivity contribution is 0.0573. The Kier molecular flexibility index (Phi) is 4.93. The third-order valence-electron chi connectivity index (χ3n) is 6.32. The first-order chi connectivity index (χ1) is 14.2. The van der Waals surface area contributed by atoms with Crippen molar-refractivity contribution >= 4 is 22.7 Å². The number of aromatic nitrogens is 4. The summed E-state index contributed by atoms with van der Waals surface area (Å²) in [7, 11) is 3.97. The smallest absolute Gasteiger partial charge is 0.229 e. The number of likely N-dealkylation sites (N-methyl/N-ethyl adjacent to an activating group) is 1. The van der Waals surface area contributed by atoms with Gasteiger partial charge >= 0.3 is 0 Å². The van der Waals surface area contributed by atoms with Crippen molar-refractivity contribution in [3.05, 3.63) is 41.7 Å². The van der Waals surface area contributed by atoms with Gasteiger partial charge in [0.2, 0.25) is 5.95 Å². The Morgan fingerprint density at radius 1 is 1.10 bits per heavy atom. The predicted octanol–water partition coefficient (Wildman–Crippen LogP) is 3.69. The topological polar surface area (TPSA) is 68.1 Å². The van der Waals surface area contributed by atoms with Crippen LogP contribution in [0, 0.1) is 0 Å². The molecule has 5 rings (SSSR count). The Hall–Kier alpha value is -2.51. The number of benzene rings is 1. The molecule has 7 heteroatoms. The fraction of sp³-hybridized carbons (Fsp3) is 0.500. The summed E-state index contributed by atoms with van der Waals surface area (Å²) in [6, 6.07) is 6.95. The molecule has 0 unspecified atom stereocenters. The first-order valence-corrected chi connectivity index (χ1v) is 10.5. The van der Waals surface area contributed by atoms with Gasteiger partial charge in [-0.1, -0.05) is 6.07 Å². The molecule has 0 amide bonds. The summed E-state index contributed by atoms with van der Waals surface area (Å²) in [6.45, 7) is 2.11. The van der Waals surface area contributed by atoms with Crippen molar-refractivity contribution in [2.45, 2.75) is 50.8 Å². The third-order valence-corrected chi connectivity index (χ3v) is 6.32. The maximum atomic E-state index is 5.51. The van der Waals surface area contributed by atoms with E-state index in [4.69, 9.17) is 9.72 Å². The highest BCUT2D eigenvalue weighted by Crippen LogP contribution is 2.31. The Labute approximate surface area is 171 Å². The minimum atomic E-state index is 0.376. The minimum absolute atomic E-state index is 0.376. The molecular weight excluding hydrogens is 364 g/mol. The van der Waals surface area contributed by atoms with Gasteiger partial charge in [-0.2, -0.15) is 10.1 Å². The second-order valence-corrected chi connectivity index (χ2v) is 8.32. The molecular formula is C22H28N6O. The standard InChI is InChI=1S/C22H28N6O/c1-27-10-9-15-3-4-18(11-16(15)14-27)25-22-23-12-17-13-24-28(21(17)26-22)19-5-7-20(29-2)8-6-19/h3-4,11-13,19-20H,5-10,14H2,1-2H3,(H,23,25,26). The van der Waals surface area contributed by atoms with Crippen molar-refractivity contribution in [1.82, 2.24) is 24.6 Å². The van der Waals surface area contributed by atoms with Crippen molar-refractivity contribution in [2.75, 3.05) is 26.0 Å². The van der Waals surface area contributed by atoms with E-state index in [0.29, 0.717) is 18.1 Å². The molecule has 0 bridgehead atoms. The fourth-order valence-corrected chi connectivity index (χ4v) is 4.59. The Bertz CT molecular complexity index is 1010. The number of nitrogens with zero attached hydrogens (tertiary/aromatic N) is 5. The molecule has 29 heavy (non-hydrogen) atoms. The van der Waals surface area contributed by atoms with E-state index in [1.54, 1.807) is 7.11 Å². The Morgan fingerprint density at radius 3 is 2.79 bits per heavy atom. The highest BCUT2D eigenvalue weighted by molar-refractivity contribution is 5.75. The lowest BCUT2D eigenvalue weighted by atomic mass is 9.93. The van der Waals surface area contributed by atoms with E-state index in [1.165, 1.54) is 11.1 Å². The van der Waals surface area contributed by atoms with Crippen LogP contribution in [-0.4, -0.2) is 51.5 Å². The van der Waals surface area contributed by atoms with Crippen LogP contribution in [0.5, 0.6) is 0 Å². The van der Waals surface area contributed by atoms with Crippen molar-refractivity contribution in [3.63, 3.8) is 0 Å². The fourth-order valence-electron chi connectivity index (χ4n) is 4.59.